The van der Waals surface area contributed by atoms with Gasteiger partial charge in [-0.3, -0.25) is 18.1 Å². The molecule has 164 valence electrons. The van der Waals surface area contributed by atoms with Crippen molar-refractivity contribution in [1.29, 1.82) is 0 Å². The average molecular weight is 472 g/mol. The molecule has 0 amide bonds. The zero-order valence-electron chi connectivity index (χ0n) is 13.7. The first kappa shape index (κ1) is 25.8. The maximum Gasteiger partial charge on any atom is 0.472 e. The highest BCUT2D eigenvalue weighted by atomic mass is 31.2. The van der Waals surface area contributed by atoms with Crippen LogP contribution in [0.15, 0.2) is 0 Å². The highest BCUT2D eigenvalue weighted by molar-refractivity contribution is 7.47. The second kappa shape index (κ2) is 9.72. The van der Waals surface area contributed by atoms with E-state index in [1.165, 1.54) is 0 Å². The lowest BCUT2D eigenvalue weighted by Crippen LogP contribution is -2.65. The maximum atomic E-state index is 11.8. The van der Waals surface area contributed by atoms with Crippen LogP contribution < -0.4 is 0 Å². The molecule has 0 aromatic carbocycles. The summed E-state index contributed by atoms with van der Waals surface area (Å²) in [5.74, 6) is 2.08. The topological polar surface area (TPSA) is 250 Å². The van der Waals surface area contributed by atoms with Gasteiger partial charge >= 0.3 is 23.5 Å². The molecule has 1 saturated carbocycles. The molecule has 0 spiro atoms. The van der Waals surface area contributed by atoms with E-state index in [4.69, 9.17) is 26.0 Å². The van der Waals surface area contributed by atoms with E-state index in [-0.39, 0.29) is 6.42 Å². The third-order valence-electron chi connectivity index (χ3n) is 3.29. The average Bonchev–Trinajstić information content (AvgIpc) is 2.51. The van der Waals surface area contributed by atoms with Gasteiger partial charge in [0.25, 0.3) is 0 Å². The summed E-state index contributed by atoms with van der Waals surface area (Å²) < 4.78 is 51.2. The van der Waals surface area contributed by atoms with Gasteiger partial charge in [0.15, 0.2) is 0 Å². The van der Waals surface area contributed by atoms with Gasteiger partial charge in [-0.05, 0) is 0 Å². The molecule has 0 radical (unpaired) electrons. The first-order valence-corrected chi connectivity index (χ1v) is 11.7. The minimum absolute atomic E-state index is 0.117. The van der Waals surface area contributed by atoms with Crippen LogP contribution in [0.1, 0.15) is 6.42 Å². The summed E-state index contributed by atoms with van der Waals surface area (Å²) in [5, 5.41) is 30.1. The van der Waals surface area contributed by atoms with Gasteiger partial charge in [0.1, 0.15) is 36.6 Å². The second-order valence-corrected chi connectivity index (χ2v) is 9.21. The predicted octanol–water partition coefficient (Wildman–Crippen LogP) is -2.44. The Balaban J connectivity index is 3.15. The number of aliphatic hydroxyl groups excluding tert-OH is 3. The Kier molecular flexibility index (Phi) is 8.96. The summed E-state index contributed by atoms with van der Waals surface area (Å²) in [5.41, 5.74) is 0. The van der Waals surface area contributed by atoms with E-state index < -0.39 is 66.7 Å². The molecule has 7 atom stereocenters. The third-order valence-corrected chi connectivity index (χ3v) is 5.35. The summed E-state index contributed by atoms with van der Waals surface area (Å²) in [6.45, 7) is -0.474. The molecule has 1 fully saturated rings. The van der Waals surface area contributed by atoms with Crippen LogP contribution in [0, 0.1) is 12.3 Å². The molecule has 0 saturated heterocycles. The molecule has 0 aromatic rings. The minimum Gasteiger partial charge on any atom is -0.387 e. The van der Waals surface area contributed by atoms with Crippen LogP contribution in [0.3, 0.4) is 0 Å². The van der Waals surface area contributed by atoms with Crippen molar-refractivity contribution in [3.05, 3.63) is 0 Å². The van der Waals surface area contributed by atoms with Gasteiger partial charge in [-0.25, -0.2) is 13.7 Å². The van der Waals surface area contributed by atoms with Crippen molar-refractivity contribution in [3.8, 4) is 12.3 Å². The van der Waals surface area contributed by atoms with Crippen molar-refractivity contribution in [2.75, 3.05) is 6.61 Å². The molecule has 0 heterocycles. The highest BCUT2D eigenvalue weighted by Crippen LogP contribution is 2.50. The Labute approximate surface area is 157 Å². The van der Waals surface area contributed by atoms with Crippen LogP contribution in [0.4, 0.5) is 0 Å². The van der Waals surface area contributed by atoms with Crippen molar-refractivity contribution in [3.63, 3.8) is 0 Å². The summed E-state index contributed by atoms with van der Waals surface area (Å²) >= 11 is 0. The maximum absolute atomic E-state index is 11.8. The van der Waals surface area contributed by atoms with E-state index >= 15 is 0 Å². The van der Waals surface area contributed by atoms with E-state index in [0.29, 0.717) is 0 Å². The van der Waals surface area contributed by atoms with Gasteiger partial charge in [0.2, 0.25) is 0 Å². The lowest BCUT2D eigenvalue weighted by Gasteiger charge is -2.44. The Bertz CT molecular complexity index is 707. The number of phosphoric ester groups is 3. The Morgan fingerprint density at radius 2 is 1.18 bits per heavy atom. The monoisotopic (exact) mass is 472 g/mol. The number of phosphoric acid groups is 3. The predicted molar refractivity (Wildman–Crippen MR) is 86.0 cm³/mol. The lowest BCUT2D eigenvalue weighted by molar-refractivity contribution is -0.212. The van der Waals surface area contributed by atoms with Crippen molar-refractivity contribution < 1.29 is 71.6 Å². The van der Waals surface area contributed by atoms with E-state index in [1.54, 1.807) is 0 Å². The van der Waals surface area contributed by atoms with Crippen LogP contribution in [0.25, 0.3) is 0 Å². The molecule has 15 nitrogen and oxygen atoms in total. The molecule has 1 rings (SSSR count). The molecule has 8 N–H and O–H groups in total. The van der Waals surface area contributed by atoms with Gasteiger partial charge in [0, 0.05) is 6.42 Å². The summed E-state index contributed by atoms with van der Waals surface area (Å²) in [6, 6.07) is 0. The third kappa shape index (κ3) is 7.89. The summed E-state index contributed by atoms with van der Waals surface area (Å²) in [6.07, 6.45) is -9.32. The Morgan fingerprint density at radius 1 is 0.750 bits per heavy atom. The standard InChI is InChI=1S/C10H19O15P3/c1-2-3-4-22-28(20,21)25-8-5(11)6(12)9(23-26(14,15)16)10(7(8)13)24-27(17,18)19/h1,5-13H,3-4H2,(H,20,21)(H2,14,15,16)(H2,17,18,19)/t5-,6+,7+,8-,9-,10-/m1/s1. The number of hydrogen-bond acceptors (Lipinski definition) is 10. The van der Waals surface area contributed by atoms with Crippen LogP contribution >= 0.6 is 23.5 Å². The van der Waals surface area contributed by atoms with Gasteiger partial charge in [0.05, 0.1) is 6.61 Å². The summed E-state index contributed by atoms with van der Waals surface area (Å²) in [4.78, 5) is 45.1. The zero-order chi connectivity index (χ0) is 21.9. The van der Waals surface area contributed by atoms with Crippen molar-refractivity contribution >= 4 is 23.5 Å². The molecular formula is C10H19O15P3. The first-order chi connectivity index (χ1) is 12.6. The van der Waals surface area contributed by atoms with Crippen molar-refractivity contribution in [1.82, 2.24) is 0 Å². The lowest BCUT2D eigenvalue weighted by atomic mass is 9.85. The normalized spacial score (nSPS) is 33.8. The molecule has 1 unspecified atom stereocenters. The van der Waals surface area contributed by atoms with E-state index in [2.05, 4.69) is 24.0 Å². The second-order valence-electron chi connectivity index (χ2n) is 5.42. The minimum atomic E-state index is -5.45. The zero-order valence-corrected chi connectivity index (χ0v) is 16.4. The molecule has 18 heteroatoms. The highest BCUT2D eigenvalue weighted by Gasteiger charge is 2.56. The Morgan fingerprint density at radius 3 is 1.61 bits per heavy atom. The quantitative estimate of drug-likeness (QED) is 0.0986. The first-order valence-electron chi connectivity index (χ1n) is 7.19. The molecular weight excluding hydrogens is 453 g/mol. The van der Waals surface area contributed by atoms with Gasteiger partial charge < -0.3 is 39.8 Å². The van der Waals surface area contributed by atoms with Crippen LogP contribution in [0.5, 0.6) is 0 Å². The molecule has 0 aliphatic heterocycles. The number of terminal acetylenes is 1. The number of hydrogen-bond donors (Lipinski definition) is 8. The summed E-state index contributed by atoms with van der Waals surface area (Å²) in [7, 11) is -15.9. The molecule has 1 aliphatic carbocycles. The van der Waals surface area contributed by atoms with Gasteiger partial charge in [-0.15, -0.1) is 12.3 Å². The smallest absolute Gasteiger partial charge is 0.387 e. The number of aliphatic hydroxyl groups is 3. The van der Waals surface area contributed by atoms with Crippen LogP contribution in [-0.2, 0) is 31.8 Å². The molecule has 0 aromatic heterocycles. The molecule has 0 bridgehead atoms. The van der Waals surface area contributed by atoms with Crippen LogP contribution in [0.2, 0.25) is 0 Å². The number of rotatable bonds is 9. The fourth-order valence-corrected chi connectivity index (χ4v) is 4.32. The van der Waals surface area contributed by atoms with E-state index in [0.717, 1.165) is 0 Å². The molecule has 28 heavy (non-hydrogen) atoms. The molecule has 1 aliphatic rings. The fourth-order valence-electron chi connectivity index (χ4n) is 2.26. The van der Waals surface area contributed by atoms with Gasteiger partial charge in [-0.1, -0.05) is 0 Å². The van der Waals surface area contributed by atoms with Crippen molar-refractivity contribution in [2.45, 2.75) is 43.0 Å². The van der Waals surface area contributed by atoms with Gasteiger partial charge in [-0.2, -0.15) is 0 Å². The van der Waals surface area contributed by atoms with E-state index in [1.807, 2.05) is 0 Å². The van der Waals surface area contributed by atoms with Crippen molar-refractivity contribution in [2.24, 2.45) is 0 Å². The largest absolute Gasteiger partial charge is 0.472 e. The fraction of sp³-hybridized carbons (Fsp3) is 0.800. The SMILES string of the molecule is C#CCCOP(=O)(O)O[C@@H]1[C@H](O)[C@H](O)[C@@H](OP(=O)(O)O)[C@H](OP(=O)(O)O)[C@H]1O. The van der Waals surface area contributed by atoms with E-state index in [9.17, 15) is 33.9 Å². The van der Waals surface area contributed by atoms with Crippen LogP contribution in [-0.4, -0.2) is 83.0 Å². The Hall–Kier alpha value is -0.230.